The third kappa shape index (κ3) is 2.77. The van der Waals surface area contributed by atoms with Crippen LogP contribution in [0.15, 0.2) is 12.5 Å². The zero-order chi connectivity index (χ0) is 9.68. The first-order chi connectivity index (χ1) is 6.25. The molecule has 0 aromatic carbocycles. The summed E-state index contributed by atoms with van der Waals surface area (Å²) in [6.45, 7) is 7.35. The summed E-state index contributed by atoms with van der Waals surface area (Å²) in [7, 11) is 0. The Morgan fingerprint density at radius 2 is 2.31 bits per heavy atom. The molecule has 1 unspecified atom stereocenters. The summed E-state index contributed by atoms with van der Waals surface area (Å²) in [5, 5.41) is 3.41. The zero-order valence-corrected chi connectivity index (χ0v) is 8.54. The van der Waals surface area contributed by atoms with Crippen molar-refractivity contribution >= 4 is 0 Å². The molecule has 0 saturated heterocycles. The smallest absolute Gasteiger partial charge is 0.115 e. The predicted molar refractivity (Wildman–Crippen MR) is 53.5 cm³/mol. The number of aromatic nitrogens is 2. The lowest BCUT2D eigenvalue weighted by Crippen LogP contribution is -2.20. The Kier molecular flexibility index (Phi) is 3.83. The van der Waals surface area contributed by atoms with Gasteiger partial charge in [-0.2, -0.15) is 0 Å². The van der Waals surface area contributed by atoms with Gasteiger partial charge >= 0.3 is 0 Å². The molecule has 0 spiro atoms. The first-order valence-corrected chi connectivity index (χ1v) is 4.75. The summed E-state index contributed by atoms with van der Waals surface area (Å²) in [5.74, 6) is 0. The van der Waals surface area contributed by atoms with Crippen molar-refractivity contribution in [3.8, 4) is 0 Å². The fraction of sp³-hybridized carbons (Fsp3) is 0.600. The van der Waals surface area contributed by atoms with E-state index >= 15 is 0 Å². The van der Waals surface area contributed by atoms with Crippen LogP contribution >= 0.6 is 0 Å². The van der Waals surface area contributed by atoms with E-state index in [0.717, 1.165) is 18.7 Å². The molecule has 72 valence electrons. The van der Waals surface area contributed by atoms with E-state index in [1.807, 2.05) is 13.1 Å². The molecule has 1 heterocycles. The lowest BCUT2D eigenvalue weighted by atomic mass is 10.1. The van der Waals surface area contributed by atoms with E-state index in [4.69, 9.17) is 0 Å². The highest BCUT2D eigenvalue weighted by atomic mass is 14.9. The van der Waals surface area contributed by atoms with Gasteiger partial charge in [0.15, 0.2) is 0 Å². The van der Waals surface area contributed by atoms with E-state index in [9.17, 15) is 0 Å². The molecule has 13 heavy (non-hydrogen) atoms. The van der Waals surface area contributed by atoms with E-state index in [0.29, 0.717) is 6.04 Å². The minimum atomic E-state index is 0.348. The number of hydrogen-bond acceptors (Lipinski definition) is 3. The summed E-state index contributed by atoms with van der Waals surface area (Å²) in [5.41, 5.74) is 2.25. The van der Waals surface area contributed by atoms with Gasteiger partial charge in [0.05, 0.1) is 0 Å². The van der Waals surface area contributed by atoms with Gasteiger partial charge in [0, 0.05) is 23.5 Å². The Balaban J connectivity index is 2.65. The molecule has 1 aromatic heterocycles. The molecule has 0 aliphatic heterocycles. The Morgan fingerprint density at radius 1 is 1.54 bits per heavy atom. The van der Waals surface area contributed by atoms with Crippen molar-refractivity contribution in [1.82, 2.24) is 15.3 Å². The van der Waals surface area contributed by atoms with Gasteiger partial charge < -0.3 is 5.32 Å². The van der Waals surface area contributed by atoms with Crippen LogP contribution in [0.25, 0.3) is 0 Å². The molecule has 1 atom stereocenters. The number of nitrogens with one attached hydrogen (secondary N) is 1. The van der Waals surface area contributed by atoms with Crippen LogP contribution in [-0.4, -0.2) is 16.5 Å². The lowest BCUT2D eigenvalue weighted by Gasteiger charge is -2.14. The summed E-state index contributed by atoms with van der Waals surface area (Å²) in [4.78, 5) is 8.18. The van der Waals surface area contributed by atoms with Crippen LogP contribution in [0.5, 0.6) is 0 Å². The molecule has 1 N–H and O–H groups in total. The van der Waals surface area contributed by atoms with Gasteiger partial charge in [-0.3, -0.25) is 0 Å². The van der Waals surface area contributed by atoms with Crippen LogP contribution in [-0.2, 0) is 0 Å². The number of nitrogens with zero attached hydrogens (tertiary/aromatic N) is 2. The van der Waals surface area contributed by atoms with Gasteiger partial charge in [-0.25, -0.2) is 9.97 Å². The Hall–Kier alpha value is -0.960. The Labute approximate surface area is 79.6 Å². The maximum Gasteiger partial charge on any atom is 0.115 e. The Morgan fingerprint density at radius 3 is 2.92 bits per heavy atom. The van der Waals surface area contributed by atoms with Gasteiger partial charge in [0.1, 0.15) is 6.33 Å². The maximum absolute atomic E-state index is 4.16. The molecule has 0 radical (unpaired) electrons. The highest BCUT2D eigenvalue weighted by Crippen LogP contribution is 2.12. The summed E-state index contributed by atoms with van der Waals surface area (Å²) >= 11 is 0. The maximum atomic E-state index is 4.16. The van der Waals surface area contributed by atoms with Crippen molar-refractivity contribution in [2.75, 3.05) is 6.54 Å². The third-order valence-electron chi connectivity index (χ3n) is 2.12. The fourth-order valence-corrected chi connectivity index (χ4v) is 1.30. The quantitative estimate of drug-likeness (QED) is 0.766. The molecule has 1 rings (SSSR count). The van der Waals surface area contributed by atoms with Gasteiger partial charge in [0.2, 0.25) is 0 Å². The molecule has 0 fully saturated rings. The average molecular weight is 179 g/mol. The summed E-state index contributed by atoms with van der Waals surface area (Å²) < 4.78 is 0. The van der Waals surface area contributed by atoms with Crippen LogP contribution in [0.1, 0.15) is 37.6 Å². The zero-order valence-electron chi connectivity index (χ0n) is 8.54. The van der Waals surface area contributed by atoms with Crippen molar-refractivity contribution < 1.29 is 0 Å². The highest BCUT2D eigenvalue weighted by Gasteiger charge is 2.07. The van der Waals surface area contributed by atoms with Gasteiger partial charge in [-0.1, -0.05) is 6.92 Å². The molecule has 0 bridgehead atoms. The van der Waals surface area contributed by atoms with Gasteiger partial charge in [-0.05, 0) is 26.8 Å². The van der Waals surface area contributed by atoms with Crippen LogP contribution < -0.4 is 5.32 Å². The molecular formula is C10H17N3. The lowest BCUT2D eigenvalue weighted by molar-refractivity contribution is 0.564. The molecule has 0 aliphatic carbocycles. The van der Waals surface area contributed by atoms with E-state index in [1.54, 1.807) is 6.33 Å². The third-order valence-corrected chi connectivity index (χ3v) is 2.12. The first kappa shape index (κ1) is 10.1. The van der Waals surface area contributed by atoms with E-state index < -0.39 is 0 Å². The van der Waals surface area contributed by atoms with Crippen LogP contribution in [0.2, 0.25) is 0 Å². The monoisotopic (exact) mass is 179 g/mol. The Bertz CT molecular complexity index is 260. The van der Waals surface area contributed by atoms with Gasteiger partial charge in [0.25, 0.3) is 0 Å². The first-order valence-electron chi connectivity index (χ1n) is 4.75. The highest BCUT2D eigenvalue weighted by molar-refractivity contribution is 5.17. The van der Waals surface area contributed by atoms with Crippen LogP contribution in [0, 0.1) is 6.92 Å². The van der Waals surface area contributed by atoms with Crippen molar-refractivity contribution in [2.24, 2.45) is 0 Å². The second kappa shape index (κ2) is 4.92. The van der Waals surface area contributed by atoms with Crippen molar-refractivity contribution in [2.45, 2.75) is 33.2 Å². The molecule has 0 aliphatic rings. The molecule has 0 amide bonds. The van der Waals surface area contributed by atoms with Crippen molar-refractivity contribution in [3.63, 3.8) is 0 Å². The predicted octanol–water partition coefficient (Wildman–Crippen LogP) is 1.85. The van der Waals surface area contributed by atoms with Crippen LogP contribution in [0.4, 0.5) is 0 Å². The topological polar surface area (TPSA) is 37.8 Å². The minimum absolute atomic E-state index is 0.348. The number of hydrogen-bond donors (Lipinski definition) is 1. The molecule has 0 saturated carbocycles. The van der Waals surface area contributed by atoms with Crippen molar-refractivity contribution in [3.05, 3.63) is 23.8 Å². The minimum Gasteiger partial charge on any atom is -0.310 e. The van der Waals surface area contributed by atoms with E-state index in [-0.39, 0.29) is 0 Å². The number of rotatable bonds is 4. The molecule has 3 heteroatoms. The second-order valence-corrected chi connectivity index (χ2v) is 3.24. The van der Waals surface area contributed by atoms with Gasteiger partial charge in [-0.15, -0.1) is 0 Å². The SMILES string of the molecule is CCCNC(C)c1cncnc1C. The summed E-state index contributed by atoms with van der Waals surface area (Å²) in [6.07, 6.45) is 4.62. The standard InChI is InChI=1S/C10H17N3/c1-4-5-12-8(2)10-6-11-7-13-9(10)3/h6-8,12H,4-5H2,1-3H3. The average Bonchev–Trinajstić information content (AvgIpc) is 2.15. The summed E-state index contributed by atoms with van der Waals surface area (Å²) in [6, 6.07) is 0.348. The van der Waals surface area contributed by atoms with Crippen LogP contribution in [0.3, 0.4) is 0 Å². The fourth-order valence-electron chi connectivity index (χ4n) is 1.30. The molecular weight excluding hydrogens is 162 g/mol. The molecule has 1 aromatic rings. The van der Waals surface area contributed by atoms with E-state index in [2.05, 4.69) is 29.1 Å². The molecule has 3 nitrogen and oxygen atoms in total. The van der Waals surface area contributed by atoms with Crippen molar-refractivity contribution in [1.29, 1.82) is 0 Å². The second-order valence-electron chi connectivity index (χ2n) is 3.24. The van der Waals surface area contributed by atoms with E-state index in [1.165, 1.54) is 5.56 Å². The number of aryl methyl sites for hydroxylation is 1. The largest absolute Gasteiger partial charge is 0.310 e. The normalized spacial score (nSPS) is 12.8.